The summed E-state index contributed by atoms with van der Waals surface area (Å²) in [5, 5.41) is 18.4. The molecule has 0 aromatic rings. The highest BCUT2D eigenvalue weighted by Gasteiger charge is 2.42. The molecule has 174 valence electrons. The first-order valence-corrected chi connectivity index (χ1v) is 12.4. The monoisotopic (exact) mass is 424 g/mol. The Bertz CT molecular complexity index is 516. The zero-order valence-electron chi connectivity index (χ0n) is 19.2. The second-order valence-electron chi connectivity index (χ2n) is 9.22. The first-order chi connectivity index (χ1) is 14.5. The summed E-state index contributed by atoms with van der Waals surface area (Å²) in [5.74, 6) is -0.905. The third-order valence-electron chi connectivity index (χ3n) is 6.42. The zero-order valence-corrected chi connectivity index (χ0v) is 19.2. The molecule has 2 saturated heterocycles. The summed E-state index contributed by atoms with van der Waals surface area (Å²) in [4.78, 5) is 11.1. The SMILES string of the molecule is CC[C@H]1O[C@H]1CC[C@H]1O[C@H]1CCCCCCCCCCCC/C(=C/[C@H](C)O)C(=O)O. The second kappa shape index (κ2) is 14.2. The van der Waals surface area contributed by atoms with Crippen LogP contribution in [-0.2, 0) is 14.3 Å². The van der Waals surface area contributed by atoms with Crippen LogP contribution < -0.4 is 0 Å². The van der Waals surface area contributed by atoms with Crippen LogP contribution in [0, 0.1) is 0 Å². The van der Waals surface area contributed by atoms with Crippen molar-refractivity contribution in [2.45, 2.75) is 141 Å². The van der Waals surface area contributed by atoms with Gasteiger partial charge in [0.15, 0.2) is 0 Å². The molecule has 0 spiro atoms. The number of aliphatic carboxylic acids is 1. The van der Waals surface area contributed by atoms with Crippen LogP contribution in [0.5, 0.6) is 0 Å². The molecular formula is C25H44O5. The summed E-state index contributed by atoms with van der Waals surface area (Å²) in [6.07, 6.45) is 20.4. The highest BCUT2D eigenvalue weighted by molar-refractivity contribution is 5.86. The van der Waals surface area contributed by atoms with Crippen molar-refractivity contribution in [3.05, 3.63) is 11.6 Å². The van der Waals surface area contributed by atoms with E-state index in [1.165, 1.54) is 76.7 Å². The summed E-state index contributed by atoms with van der Waals surface area (Å²) in [5.41, 5.74) is 0.343. The van der Waals surface area contributed by atoms with E-state index < -0.39 is 12.1 Å². The number of carboxylic acid groups (broad SMARTS) is 1. The predicted octanol–water partition coefficient (Wildman–Crippen LogP) is 5.78. The Kier molecular flexibility index (Phi) is 12.0. The Morgan fingerprint density at radius 1 is 0.800 bits per heavy atom. The number of hydrogen-bond donors (Lipinski definition) is 2. The average molecular weight is 425 g/mol. The molecule has 2 aliphatic heterocycles. The molecule has 2 N–H and O–H groups in total. The quantitative estimate of drug-likeness (QED) is 0.156. The predicted molar refractivity (Wildman–Crippen MR) is 120 cm³/mol. The van der Waals surface area contributed by atoms with Gasteiger partial charge in [-0.3, -0.25) is 0 Å². The molecule has 0 saturated carbocycles. The molecule has 5 nitrogen and oxygen atoms in total. The second-order valence-corrected chi connectivity index (χ2v) is 9.22. The maximum absolute atomic E-state index is 11.1. The topological polar surface area (TPSA) is 82.6 Å². The first kappa shape index (κ1) is 25.4. The molecule has 2 heterocycles. The van der Waals surface area contributed by atoms with Crippen molar-refractivity contribution in [2.75, 3.05) is 0 Å². The van der Waals surface area contributed by atoms with Gasteiger partial charge in [-0.15, -0.1) is 0 Å². The van der Waals surface area contributed by atoms with Gasteiger partial charge in [-0.25, -0.2) is 4.79 Å². The maximum Gasteiger partial charge on any atom is 0.331 e. The molecule has 0 aromatic carbocycles. The molecule has 0 unspecified atom stereocenters. The molecule has 2 rings (SSSR count). The molecule has 5 heteroatoms. The van der Waals surface area contributed by atoms with Gasteiger partial charge in [0.25, 0.3) is 0 Å². The van der Waals surface area contributed by atoms with E-state index in [9.17, 15) is 9.90 Å². The van der Waals surface area contributed by atoms with Gasteiger partial charge in [-0.05, 0) is 51.5 Å². The fraction of sp³-hybridized carbons (Fsp3) is 0.880. The van der Waals surface area contributed by atoms with Crippen LogP contribution in [0.25, 0.3) is 0 Å². The van der Waals surface area contributed by atoms with E-state index in [1.807, 2.05) is 0 Å². The Balaban J connectivity index is 1.30. The molecule has 2 aliphatic rings. The van der Waals surface area contributed by atoms with Gasteiger partial charge in [-0.2, -0.15) is 0 Å². The third kappa shape index (κ3) is 10.9. The lowest BCUT2D eigenvalue weighted by Crippen LogP contribution is -2.05. The molecule has 0 aromatic heterocycles. The van der Waals surface area contributed by atoms with E-state index in [2.05, 4.69) is 6.92 Å². The van der Waals surface area contributed by atoms with Gasteiger partial charge in [0.2, 0.25) is 0 Å². The van der Waals surface area contributed by atoms with Crippen molar-refractivity contribution in [3.63, 3.8) is 0 Å². The van der Waals surface area contributed by atoms with Crippen LogP contribution in [0.2, 0.25) is 0 Å². The fourth-order valence-corrected chi connectivity index (χ4v) is 4.44. The smallest absolute Gasteiger partial charge is 0.331 e. The standard InChI is InChI=1S/C25H44O5/c1-3-21-23(29-21)16-17-24-22(30-24)15-13-11-9-7-5-4-6-8-10-12-14-20(25(27)28)18-19(2)26/h18-19,21-24,26H,3-17H2,1-2H3,(H,27,28)/b20-18-/t19-,21+,22-,23-,24+/m0/s1. The normalized spacial score (nSPS) is 26.6. The van der Waals surface area contributed by atoms with Gasteiger partial charge in [0.05, 0.1) is 30.5 Å². The number of rotatable bonds is 19. The van der Waals surface area contributed by atoms with Crippen molar-refractivity contribution in [2.24, 2.45) is 0 Å². The molecular weight excluding hydrogens is 380 g/mol. The van der Waals surface area contributed by atoms with Crippen molar-refractivity contribution < 1.29 is 24.5 Å². The van der Waals surface area contributed by atoms with Crippen molar-refractivity contribution in [1.29, 1.82) is 0 Å². The number of aliphatic hydroxyl groups is 1. The number of ether oxygens (including phenoxy) is 2. The number of epoxide rings is 2. The van der Waals surface area contributed by atoms with Crippen LogP contribution in [0.4, 0.5) is 0 Å². The van der Waals surface area contributed by atoms with Gasteiger partial charge in [0.1, 0.15) is 0 Å². The van der Waals surface area contributed by atoms with E-state index in [0.29, 0.717) is 36.4 Å². The van der Waals surface area contributed by atoms with E-state index in [0.717, 1.165) is 19.3 Å². The fourth-order valence-electron chi connectivity index (χ4n) is 4.44. The molecule has 5 atom stereocenters. The van der Waals surface area contributed by atoms with Gasteiger partial charge in [0, 0.05) is 5.57 Å². The van der Waals surface area contributed by atoms with Crippen LogP contribution in [0.15, 0.2) is 11.6 Å². The molecule has 30 heavy (non-hydrogen) atoms. The summed E-state index contributed by atoms with van der Waals surface area (Å²) in [6.45, 7) is 3.78. The van der Waals surface area contributed by atoms with Crippen LogP contribution in [0.1, 0.15) is 110 Å². The minimum Gasteiger partial charge on any atom is -0.478 e. The lowest BCUT2D eigenvalue weighted by Gasteiger charge is -2.05. The highest BCUT2D eigenvalue weighted by atomic mass is 16.6. The zero-order chi connectivity index (χ0) is 21.8. The summed E-state index contributed by atoms with van der Waals surface area (Å²) in [6, 6.07) is 0. The molecule has 0 amide bonds. The number of unbranched alkanes of at least 4 members (excludes halogenated alkanes) is 9. The van der Waals surface area contributed by atoms with Gasteiger partial charge >= 0.3 is 5.97 Å². The Hall–Kier alpha value is -0.910. The van der Waals surface area contributed by atoms with E-state index in [1.54, 1.807) is 6.92 Å². The molecule has 0 radical (unpaired) electrons. The molecule has 2 fully saturated rings. The lowest BCUT2D eigenvalue weighted by atomic mass is 10.0. The minimum absolute atomic E-state index is 0.343. The van der Waals surface area contributed by atoms with E-state index in [4.69, 9.17) is 14.6 Å². The van der Waals surface area contributed by atoms with Crippen LogP contribution >= 0.6 is 0 Å². The Labute approximate surface area is 183 Å². The molecule has 0 bridgehead atoms. The summed E-state index contributed by atoms with van der Waals surface area (Å²) < 4.78 is 11.4. The van der Waals surface area contributed by atoms with Crippen molar-refractivity contribution in [1.82, 2.24) is 0 Å². The van der Waals surface area contributed by atoms with Crippen LogP contribution in [0.3, 0.4) is 0 Å². The van der Waals surface area contributed by atoms with Crippen LogP contribution in [-0.4, -0.2) is 46.7 Å². The maximum atomic E-state index is 11.1. The number of aliphatic hydroxyl groups excluding tert-OH is 1. The third-order valence-corrected chi connectivity index (χ3v) is 6.42. The Morgan fingerprint density at radius 3 is 1.77 bits per heavy atom. The van der Waals surface area contributed by atoms with Crippen molar-refractivity contribution in [3.8, 4) is 0 Å². The highest BCUT2D eigenvalue weighted by Crippen LogP contribution is 2.36. The first-order valence-electron chi connectivity index (χ1n) is 12.4. The summed E-state index contributed by atoms with van der Waals surface area (Å²) in [7, 11) is 0. The number of carbonyl (C=O) groups is 1. The van der Waals surface area contributed by atoms with Gasteiger partial charge < -0.3 is 19.7 Å². The summed E-state index contributed by atoms with van der Waals surface area (Å²) >= 11 is 0. The Morgan fingerprint density at radius 2 is 1.27 bits per heavy atom. The van der Waals surface area contributed by atoms with Gasteiger partial charge in [-0.1, -0.05) is 64.7 Å². The van der Waals surface area contributed by atoms with E-state index in [-0.39, 0.29) is 0 Å². The number of hydrogen-bond acceptors (Lipinski definition) is 4. The molecule has 0 aliphatic carbocycles. The van der Waals surface area contributed by atoms with E-state index >= 15 is 0 Å². The average Bonchev–Trinajstić information content (AvgIpc) is 3.61. The van der Waals surface area contributed by atoms with Crippen molar-refractivity contribution >= 4 is 5.97 Å². The number of carboxylic acids is 1. The largest absolute Gasteiger partial charge is 0.478 e. The minimum atomic E-state index is -0.905. The lowest BCUT2D eigenvalue weighted by molar-refractivity contribution is -0.132.